The van der Waals surface area contributed by atoms with E-state index in [2.05, 4.69) is 15.5 Å². The molecule has 0 aliphatic carbocycles. The van der Waals surface area contributed by atoms with E-state index in [1.165, 1.54) is 7.11 Å². The van der Waals surface area contributed by atoms with Crippen molar-refractivity contribution in [2.75, 3.05) is 7.11 Å². The van der Waals surface area contributed by atoms with Crippen LogP contribution in [0.5, 0.6) is 5.75 Å². The molecule has 2 N–H and O–H groups in total. The van der Waals surface area contributed by atoms with Crippen LogP contribution in [0.3, 0.4) is 0 Å². The van der Waals surface area contributed by atoms with E-state index in [1.807, 2.05) is 54.6 Å². The van der Waals surface area contributed by atoms with Gasteiger partial charge in [-0.15, -0.1) is 10.2 Å². The highest BCUT2D eigenvalue weighted by Crippen LogP contribution is 2.36. The standard InChI is InChI=1S/C27H23N3O4/c1-34-27(33)23(17-18-9-3-2-4-10-18)28-26(32)21-13-7-8-14-22(21)29-30-25-20-12-6-5-11-19(20)15-16-24(25)31/h2-16,23,31H,17H2,1H3,(H,28,32)/t23-/m0/s1. The summed E-state index contributed by atoms with van der Waals surface area (Å²) in [6.07, 6.45) is 0.285. The van der Waals surface area contributed by atoms with Gasteiger partial charge in [0.25, 0.3) is 5.91 Å². The second-order valence-electron chi connectivity index (χ2n) is 7.61. The summed E-state index contributed by atoms with van der Waals surface area (Å²) in [6, 6.07) is 26.0. The Labute approximate surface area is 196 Å². The molecule has 7 heteroatoms. The zero-order valence-electron chi connectivity index (χ0n) is 18.5. The van der Waals surface area contributed by atoms with Crippen LogP contribution in [0.2, 0.25) is 0 Å². The normalized spacial score (nSPS) is 11.9. The Hall–Kier alpha value is -4.52. The van der Waals surface area contributed by atoms with E-state index in [9.17, 15) is 14.7 Å². The van der Waals surface area contributed by atoms with Gasteiger partial charge >= 0.3 is 5.97 Å². The van der Waals surface area contributed by atoms with Crippen molar-refractivity contribution < 1.29 is 19.4 Å². The SMILES string of the molecule is COC(=O)[C@H](Cc1ccccc1)NC(=O)c1ccccc1N=Nc1c(O)ccc2ccccc12. The van der Waals surface area contributed by atoms with Gasteiger partial charge in [-0.3, -0.25) is 4.79 Å². The smallest absolute Gasteiger partial charge is 0.328 e. The van der Waals surface area contributed by atoms with Crippen molar-refractivity contribution in [2.24, 2.45) is 10.2 Å². The average Bonchev–Trinajstić information content (AvgIpc) is 2.88. The number of rotatable bonds is 7. The van der Waals surface area contributed by atoms with Crippen molar-refractivity contribution in [1.29, 1.82) is 0 Å². The number of carbonyl (C=O) groups is 2. The van der Waals surface area contributed by atoms with Crippen LogP contribution in [0.15, 0.2) is 101 Å². The van der Waals surface area contributed by atoms with E-state index in [1.54, 1.807) is 36.4 Å². The van der Waals surface area contributed by atoms with Crippen LogP contribution in [-0.4, -0.2) is 30.1 Å². The first-order chi connectivity index (χ1) is 16.6. The molecule has 34 heavy (non-hydrogen) atoms. The number of benzene rings is 4. The summed E-state index contributed by atoms with van der Waals surface area (Å²) in [7, 11) is 1.28. The topological polar surface area (TPSA) is 100 Å². The van der Waals surface area contributed by atoms with Gasteiger partial charge in [0.05, 0.1) is 18.4 Å². The summed E-state index contributed by atoms with van der Waals surface area (Å²) < 4.78 is 4.89. The molecule has 0 saturated heterocycles. The molecular formula is C27H23N3O4. The van der Waals surface area contributed by atoms with Crippen LogP contribution < -0.4 is 5.32 Å². The summed E-state index contributed by atoms with van der Waals surface area (Å²) in [5, 5.41) is 23.2. The number of phenols is 1. The summed E-state index contributed by atoms with van der Waals surface area (Å²) in [4.78, 5) is 25.4. The molecule has 1 amide bonds. The maximum Gasteiger partial charge on any atom is 0.328 e. The van der Waals surface area contributed by atoms with Crippen LogP contribution >= 0.6 is 0 Å². The van der Waals surface area contributed by atoms with Crippen molar-refractivity contribution >= 4 is 34.0 Å². The lowest BCUT2D eigenvalue weighted by Crippen LogP contribution is -2.43. The Morgan fingerprint density at radius 3 is 2.38 bits per heavy atom. The van der Waals surface area contributed by atoms with Crippen LogP contribution in [-0.2, 0) is 16.0 Å². The van der Waals surface area contributed by atoms with Crippen molar-refractivity contribution in [2.45, 2.75) is 12.5 Å². The van der Waals surface area contributed by atoms with Gasteiger partial charge in [-0.1, -0.05) is 72.8 Å². The van der Waals surface area contributed by atoms with Crippen LogP contribution in [0, 0.1) is 0 Å². The summed E-state index contributed by atoms with van der Waals surface area (Å²) in [5.74, 6) is -1.04. The molecule has 4 rings (SSSR count). The molecule has 0 aromatic heterocycles. The van der Waals surface area contributed by atoms with Crippen molar-refractivity contribution in [1.82, 2.24) is 5.32 Å². The molecule has 0 saturated carbocycles. The van der Waals surface area contributed by atoms with Gasteiger partial charge in [0.1, 0.15) is 17.5 Å². The number of phenolic OH excluding ortho intramolecular Hbond substituents is 1. The third-order valence-electron chi connectivity index (χ3n) is 5.36. The molecule has 0 fully saturated rings. The number of hydrogen-bond donors (Lipinski definition) is 2. The van der Waals surface area contributed by atoms with Gasteiger partial charge < -0.3 is 15.2 Å². The molecule has 0 unspecified atom stereocenters. The monoisotopic (exact) mass is 453 g/mol. The number of fused-ring (bicyclic) bond motifs is 1. The van der Waals surface area contributed by atoms with Gasteiger partial charge in [0.2, 0.25) is 0 Å². The predicted molar refractivity (Wildman–Crippen MR) is 130 cm³/mol. The maximum atomic E-state index is 13.1. The first-order valence-electron chi connectivity index (χ1n) is 10.7. The number of hydrogen-bond acceptors (Lipinski definition) is 6. The molecule has 0 radical (unpaired) electrons. The van der Waals surface area contributed by atoms with Gasteiger partial charge in [-0.2, -0.15) is 0 Å². The molecule has 0 aliphatic rings. The zero-order valence-corrected chi connectivity index (χ0v) is 18.5. The minimum absolute atomic E-state index is 0.0157. The van der Waals surface area contributed by atoms with E-state index < -0.39 is 17.9 Å². The Kier molecular flexibility index (Phi) is 6.93. The zero-order chi connectivity index (χ0) is 23.9. The molecule has 7 nitrogen and oxygen atoms in total. The lowest BCUT2D eigenvalue weighted by Gasteiger charge is -2.17. The van der Waals surface area contributed by atoms with Crippen LogP contribution in [0.1, 0.15) is 15.9 Å². The Morgan fingerprint density at radius 2 is 1.59 bits per heavy atom. The quantitative estimate of drug-likeness (QED) is 0.286. The number of ether oxygens (including phenoxy) is 1. The number of azo groups is 1. The molecule has 0 spiro atoms. The van der Waals surface area contributed by atoms with Gasteiger partial charge in [0, 0.05) is 11.8 Å². The van der Waals surface area contributed by atoms with E-state index in [0.717, 1.165) is 16.3 Å². The third kappa shape index (κ3) is 5.10. The number of aromatic hydroxyl groups is 1. The lowest BCUT2D eigenvalue weighted by atomic mass is 10.1. The minimum atomic E-state index is -0.869. The second-order valence-corrected chi connectivity index (χ2v) is 7.61. The molecule has 0 aliphatic heterocycles. The van der Waals surface area contributed by atoms with E-state index in [-0.39, 0.29) is 17.7 Å². The van der Waals surface area contributed by atoms with Gasteiger partial charge in [-0.05, 0) is 29.1 Å². The van der Waals surface area contributed by atoms with Crippen molar-refractivity contribution in [3.63, 3.8) is 0 Å². The van der Waals surface area contributed by atoms with E-state index in [4.69, 9.17) is 4.74 Å². The first kappa shape index (κ1) is 22.7. The Bertz CT molecular complexity index is 1350. The Morgan fingerprint density at radius 1 is 0.882 bits per heavy atom. The lowest BCUT2D eigenvalue weighted by molar-refractivity contribution is -0.142. The van der Waals surface area contributed by atoms with Crippen LogP contribution in [0.25, 0.3) is 10.8 Å². The molecule has 0 heterocycles. The van der Waals surface area contributed by atoms with Gasteiger partial charge in [-0.25, -0.2) is 4.79 Å². The fraction of sp³-hybridized carbons (Fsp3) is 0.111. The number of methoxy groups -OCH3 is 1. The largest absolute Gasteiger partial charge is 0.506 e. The number of nitrogens with one attached hydrogen (secondary N) is 1. The molecule has 170 valence electrons. The first-order valence-corrected chi connectivity index (χ1v) is 10.7. The molecule has 4 aromatic carbocycles. The summed E-state index contributed by atoms with van der Waals surface area (Å²) in [5.41, 5.74) is 1.74. The fourth-order valence-electron chi connectivity index (χ4n) is 3.63. The van der Waals surface area contributed by atoms with E-state index in [0.29, 0.717) is 11.4 Å². The summed E-state index contributed by atoms with van der Waals surface area (Å²) >= 11 is 0. The van der Waals surface area contributed by atoms with Gasteiger partial charge in [0.15, 0.2) is 0 Å². The van der Waals surface area contributed by atoms with Crippen molar-refractivity contribution in [3.8, 4) is 5.75 Å². The van der Waals surface area contributed by atoms with E-state index >= 15 is 0 Å². The number of amides is 1. The second kappa shape index (κ2) is 10.4. The molecule has 0 bridgehead atoms. The highest BCUT2D eigenvalue weighted by atomic mass is 16.5. The molecule has 1 atom stereocenters. The number of nitrogens with zero attached hydrogens (tertiary/aromatic N) is 2. The van der Waals surface area contributed by atoms with Crippen molar-refractivity contribution in [3.05, 3.63) is 102 Å². The maximum absolute atomic E-state index is 13.1. The number of carbonyl (C=O) groups excluding carboxylic acids is 2. The third-order valence-corrected chi connectivity index (χ3v) is 5.36. The summed E-state index contributed by atoms with van der Waals surface area (Å²) in [6.45, 7) is 0. The predicted octanol–water partition coefficient (Wildman–Crippen LogP) is 5.47. The highest BCUT2D eigenvalue weighted by molar-refractivity contribution is 6.01. The average molecular weight is 453 g/mol. The number of esters is 1. The molecule has 4 aromatic rings. The minimum Gasteiger partial charge on any atom is -0.506 e. The van der Waals surface area contributed by atoms with Crippen LogP contribution in [0.4, 0.5) is 11.4 Å². The highest BCUT2D eigenvalue weighted by Gasteiger charge is 2.23. The molecular weight excluding hydrogens is 430 g/mol. The fourth-order valence-corrected chi connectivity index (χ4v) is 3.63. The Balaban J connectivity index is 1.61.